The molecule has 1 atom stereocenters. The molecule has 3 aromatic rings. The SMILES string of the molecule is COc1cc(C2C(C#N)=C(SCc3cccnc3)NC(C)=C2C(=O)Nc2ccccc2)cc(OC)c1OC. The number of carbonyl (C=O) groups excluding carboxylic acids is 1. The van der Waals surface area contributed by atoms with E-state index in [1.165, 1.54) is 33.1 Å². The molecule has 8 nitrogen and oxygen atoms in total. The van der Waals surface area contributed by atoms with Gasteiger partial charge < -0.3 is 24.8 Å². The lowest BCUT2D eigenvalue weighted by Gasteiger charge is -2.30. The number of amides is 1. The van der Waals surface area contributed by atoms with Crippen molar-refractivity contribution in [3.8, 4) is 23.3 Å². The van der Waals surface area contributed by atoms with Crippen LogP contribution in [0.5, 0.6) is 17.2 Å². The minimum absolute atomic E-state index is 0.316. The van der Waals surface area contributed by atoms with Gasteiger partial charge in [0.25, 0.3) is 5.91 Å². The largest absolute Gasteiger partial charge is 0.493 e. The number of pyridine rings is 1. The van der Waals surface area contributed by atoms with E-state index in [0.717, 1.165) is 5.56 Å². The van der Waals surface area contributed by atoms with Crippen LogP contribution in [0, 0.1) is 11.3 Å². The molecule has 0 saturated heterocycles. The van der Waals surface area contributed by atoms with Crippen molar-refractivity contribution in [2.24, 2.45) is 0 Å². The molecule has 2 aromatic carbocycles. The van der Waals surface area contributed by atoms with Crippen LogP contribution in [0.1, 0.15) is 24.0 Å². The summed E-state index contributed by atoms with van der Waals surface area (Å²) >= 11 is 1.48. The lowest BCUT2D eigenvalue weighted by molar-refractivity contribution is -0.113. The molecule has 2 heterocycles. The summed E-state index contributed by atoms with van der Waals surface area (Å²) in [6.45, 7) is 1.84. The van der Waals surface area contributed by atoms with E-state index in [9.17, 15) is 10.1 Å². The van der Waals surface area contributed by atoms with Gasteiger partial charge in [-0.25, -0.2) is 0 Å². The number of aromatic nitrogens is 1. The van der Waals surface area contributed by atoms with Gasteiger partial charge in [0.2, 0.25) is 5.75 Å². The maximum absolute atomic E-state index is 13.7. The Hall–Kier alpha value is -4.42. The van der Waals surface area contributed by atoms with Crippen molar-refractivity contribution < 1.29 is 19.0 Å². The Kier molecular flexibility index (Phi) is 8.56. The molecule has 0 radical (unpaired) electrons. The molecule has 0 saturated carbocycles. The zero-order valence-corrected chi connectivity index (χ0v) is 22.4. The van der Waals surface area contributed by atoms with Gasteiger partial charge in [-0.15, -0.1) is 11.8 Å². The lowest BCUT2D eigenvalue weighted by Crippen LogP contribution is -2.30. The minimum atomic E-state index is -0.685. The highest BCUT2D eigenvalue weighted by Gasteiger charge is 2.36. The van der Waals surface area contributed by atoms with E-state index in [4.69, 9.17) is 14.2 Å². The van der Waals surface area contributed by atoms with Gasteiger partial charge in [0, 0.05) is 35.1 Å². The first-order valence-corrected chi connectivity index (χ1v) is 12.8. The number of methoxy groups -OCH3 is 3. The molecule has 194 valence electrons. The molecule has 38 heavy (non-hydrogen) atoms. The monoisotopic (exact) mass is 528 g/mol. The number of carbonyl (C=O) groups is 1. The summed E-state index contributed by atoms with van der Waals surface area (Å²) in [6.07, 6.45) is 3.51. The maximum atomic E-state index is 13.7. The van der Waals surface area contributed by atoms with E-state index in [-0.39, 0.29) is 5.91 Å². The Bertz CT molecular complexity index is 1390. The van der Waals surface area contributed by atoms with Crippen molar-refractivity contribution in [1.29, 1.82) is 5.26 Å². The predicted octanol–water partition coefficient (Wildman–Crippen LogP) is 5.38. The summed E-state index contributed by atoms with van der Waals surface area (Å²) in [5.41, 5.74) is 3.81. The van der Waals surface area contributed by atoms with E-state index in [1.54, 1.807) is 24.5 Å². The number of nitriles is 1. The fourth-order valence-electron chi connectivity index (χ4n) is 4.29. The highest BCUT2D eigenvalue weighted by Crippen LogP contribution is 2.46. The molecule has 1 unspecified atom stereocenters. The molecule has 9 heteroatoms. The minimum Gasteiger partial charge on any atom is -0.493 e. The number of ether oxygens (including phenoxy) is 3. The zero-order chi connectivity index (χ0) is 27.1. The summed E-state index contributed by atoms with van der Waals surface area (Å²) in [6, 6.07) is 19.0. The van der Waals surface area contributed by atoms with Crippen molar-refractivity contribution >= 4 is 23.4 Å². The molecule has 1 aliphatic heterocycles. The topological polar surface area (TPSA) is 106 Å². The third-order valence-electron chi connectivity index (χ3n) is 6.05. The summed E-state index contributed by atoms with van der Waals surface area (Å²) < 4.78 is 16.7. The molecule has 0 fully saturated rings. The average molecular weight is 529 g/mol. The van der Waals surface area contributed by atoms with Crippen LogP contribution in [0.25, 0.3) is 0 Å². The fraction of sp³-hybridized carbons (Fsp3) is 0.207. The first kappa shape index (κ1) is 26.6. The normalized spacial score (nSPS) is 14.9. The fourth-order valence-corrected chi connectivity index (χ4v) is 5.31. The average Bonchev–Trinajstić information content (AvgIpc) is 2.95. The Morgan fingerprint density at radius 3 is 2.37 bits per heavy atom. The number of benzene rings is 2. The van der Waals surface area contributed by atoms with Crippen molar-refractivity contribution in [1.82, 2.24) is 10.3 Å². The molecule has 0 aliphatic carbocycles. The van der Waals surface area contributed by atoms with E-state index in [2.05, 4.69) is 21.7 Å². The Morgan fingerprint density at radius 2 is 1.79 bits per heavy atom. The second-order valence-electron chi connectivity index (χ2n) is 8.38. The predicted molar refractivity (Wildman–Crippen MR) is 148 cm³/mol. The van der Waals surface area contributed by atoms with Crippen molar-refractivity contribution in [3.05, 3.63) is 100.0 Å². The van der Waals surface area contributed by atoms with Crippen molar-refractivity contribution in [2.45, 2.75) is 18.6 Å². The second kappa shape index (κ2) is 12.2. The molecule has 1 aromatic heterocycles. The van der Waals surface area contributed by atoms with E-state index < -0.39 is 5.92 Å². The number of para-hydroxylation sites is 1. The highest BCUT2D eigenvalue weighted by atomic mass is 32.2. The van der Waals surface area contributed by atoms with Gasteiger partial charge in [-0.05, 0) is 48.4 Å². The number of thioether (sulfide) groups is 1. The number of nitrogens with one attached hydrogen (secondary N) is 2. The van der Waals surface area contributed by atoms with Crippen LogP contribution in [0.3, 0.4) is 0 Å². The number of hydrogen-bond donors (Lipinski definition) is 2. The highest BCUT2D eigenvalue weighted by molar-refractivity contribution is 8.02. The second-order valence-corrected chi connectivity index (χ2v) is 9.37. The number of allylic oxidation sites excluding steroid dienone is 2. The van der Waals surface area contributed by atoms with Gasteiger partial charge in [0.05, 0.1) is 43.9 Å². The standard InChI is InChI=1S/C29H28N4O4S/c1-18-25(28(34)33-21-10-6-5-7-11-21)26(20-13-23(35-2)27(37-4)24(14-20)36-3)22(15-30)29(32-18)38-17-19-9-8-12-31-16-19/h5-14,16,26,32H,17H2,1-4H3,(H,33,34). The van der Waals surface area contributed by atoms with Crippen LogP contribution >= 0.6 is 11.8 Å². The third kappa shape index (κ3) is 5.61. The van der Waals surface area contributed by atoms with Gasteiger partial charge in [-0.2, -0.15) is 5.26 Å². The van der Waals surface area contributed by atoms with E-state index in [0.29, 0.717) is 56.1 Å². The molecule has 1 amide bonds. The molecule has 1 aliphatic rings. The van der Waals surface area contributed by atoms with Gasteiger partial charge >= 0.3 is 0 Å². The molecule has 2 N–H and O–H groups in total. The number of anilines is 1. The van der Waals surface area contributed by atoms with Crippen LogP contribution in [-0.4, -0.2) is 32.2 Å². The van der Waals surface area contributed by atoms with Gasteiger partial charge in [0.1, 0.15) is 0 Å². The molecule has 0 spiro atoms. The summed E-state index contributed by atoms with van der Waals surface area (Å²) in [7, 11) is 4.59. The Morgan fingerprint density at radius 1 is 1.08 bits per heavy atom. The van der Waals surface area contributed by atoms with Gasteiger partial charge in [-0.1, -0.05) is 24.3 Å². The summed E-state index contributed by atoms with van der Waals surface area (Å²) in [5.74, 6) is 0.893. The van der Waals surface area contributed by atoms with Crippen LogP contribution in [0.15, 0.2) is 88.9 Å². The van der Waals surface area contributed by atoms with Crippen LogP contribution < -0.4 is 24.8 Å². The van der Waals surface area contributed by atoms with Crippen LogP contribution in [0.4, 0.5) is 5.69 Å². The first-order valence-electron chi connectivity index (χ1n) is 11.8. The van der Waals surface area contributed by atoms with Gasteiger partial charge in [-0.3, -0.25) is 9.78 Å². The molecular formula is C29H28N4O4S. The zero-order valence-electron chi connectivity index (χ0n) is 21.6. The van der Waals surface area contributed by atoms with Crippen molar-refractivity contribution in [3.63, 3.8) is 0 Å². The smallest absolute Gasteiger partial charge is 0.254 e. The summed E-state index contributed by atoms with van der Waals surface area (Å²) in [4.78, 5) is 17.9. The quantitative estimate of drug-likeness (QED) is 0.382. The Labute approximate surface area is 226 Å². The van der Waals surface area contributed by atoms with Crippen molar-refractivity contribution in [2.75, 3.05) is 26.6 Å². The summed E-state index contributed by atoms with van der Waals surface area (Å²) in [5, 5.41) is 17.4. The van der Waals surface area contributed by atoms with E-state index in [1.807, 2.05) is 49.4 Å². The van der Waals surface area contributed by atoms with E-state index >= 15 is 0 Å². The molecular weight excluding hydrogens is 500 g/mol. The number of rotatable bonds is 9. The molecule has 4 rings (SSSR count). The number of hydrogen-bond acceptors (Lipinski definition) is 8. The van der Waals surface area contributed by atoms with Crippen LogP contribution in [0.2, 0.25) is 0 Å². The number of nitrogens with zero attached hydrogens (tertiary/aromatic N) is 2. The lowest BCUT2D eigenvalue weighted by atomic mass is 9.81. The Balaban J connectivity index is 1.83. The number of dihydropyridines is 1. The third-order valence-corrected chi connectivity index (χ3v) is 7.14. The maximum Gasteiger partial charge on any atom is 0.254 e. The van der Waals surface area contributed by atoms with Gasteiger partial charge in [0.15, 0.2) is 11.5 Å². The van der Waals surface area contributed by atoms with Crippen LogP contribution in [-0.2, 0) is 10.5 Å². The molecule has 0 bridgehead atoms. The first-order chi connectivity index (χ1) is 18.5.